The molecule has 0 aliphatic carbocycles. The third-order valence-electron chi connectivity index (χ3n) is 6.04. The fraction of sp³-hybridized carbons (Fsp3) is 0.333. The molecule has 2 aromatic rings. The van der Waals surface area contributed by atoms with Crippen molar-refractivity contribution in [3.05, 3.63) is 59.0 Å². The smallest absolute Gasteiger partial charge is 0.285 e. The van der Waals surface area contributed by atoms with Gasteiger partial charge in [0.15, 0.2) is 22.4 Å². The van der Waals surface area contributed by atoms with Crippen LogP contribution in [0.15, 0.2) is 53.4 Å². The molecule has 4 rings (SSSR count). The molecule has 11 heteroatoms. The van der Waals surface area contributed by atoms with Crippen molar-refractivity contribution in [2.75, 3.05) is 38.7 Å². The number of nitrogens with zero attached hydrogens (tertiary/aromatic N) is 2. The van der Waals surface area contributed by atoms with Crippen molar-refractivity contribution in [2.45, 2.75) is 25.7 Å². The second-order valence-corrected chi connectivity index (χ2v) is 10.5. The summed E-state index contributed by atoms with van der Waals surface area (Å²) >= 11 is 6.45. The van der Waals surface area contributed by atoms with Crippen LogP contribution in [-0.2, 0) is 14.4 Å². The van der Waals surface area contributed by atoms with Gasteiger partial charge in [-0.25, -0.2) is 0 Å². The quantitative estimate of drug-likeness (QED) is 0.338. The highest BCUT2D eigenvalue weighted by atomic mass is 32.2. The number of methoxy groups -OCH3 is 1. The minimum atomic E-state index is -0.386. The number of thioether (sulfide) groups is 1. The van der Waals surface area contributed by atoms with Gasteiger partial charge in [0.1, 0.15) is 0 Å². The summed E-state index contributed by atoms with van der Waals surface area (Å²) in [5.74, 6) is -0.131. The van der Waals surface area contributed by atoms with Gasteiger partial charge in [0.05, 0.1) is 12.0 Å². The zero-order valence-corrected chi connectivity index (χ0v) is 22.7. The molecular weight excluding hydrogens is 524 g/mol. The molecule has 0 saturated carbocycles. The number of nitrogens with one attached hydrogen (secondary N) is 2. The molecule has 2 fully saturated rings. The van der Waals surface area contributed by atoms with Gasteiger partial charge in [0.25, 0.3) is 11.8 Å². The third-order valence-corrected chi connectivity index (χ3v) is 7.34. The fourth-order valence-electron chi connectivity index (χ4n) is 4.09. The Kier molecular flexibility index (Phi) is 9.74. The molecule has 3 amide bonds. The molecule has 2 heterocycles. The van der Waals surface area contributed by atoms with Crippen molar-refractivity contribution in [2.24, 2.45) is 0 Å². The van der Waals surface area contributed by atoms with E-state index in [0.717, 1.165) is 42.7 Å². The predicted molar refractivity (Wildman–Crippen MR) is 152 cm³/mol. The standard InChI is InChI=1S/C27H30N4O5S2/c1-35-22-16-19(10-11-21(22)36-18-25(33)28-20-8-4-2-5-9-20)17-23-26(34)31(27(37)38-23)29-24(32)12-15-30-13-6-3-7-14-30/h2,4-5,8-11,16-17H,3,6-7,12-15,18H2,1H3,(H,28,33)(H,29,32). The van der Waals surface area contributed by atoms with E-state index in [1.54, 1.807) is 36.4 Å². The third kappa shape index (κ3) is 7.56. The summed E-state index contributed by atoms with van der Waals surface area (Å²) in [6, 6.07) is 14.2. The van der Waals surface area contributed by atoms with E-state index in [9.17, 15) is 14.4 Å². The topological polar surface area (TPSA) is 100 Å². The lowest BCUT2D eigenvalue weighted by Crippen LogP contribution is -2.46. The Morgan fingerprint density at radius 2 is 1.82 bits per heavy atom. The minimum Gasteiger partial charge on any atom is -0.493 e. The van der Waals surface area contributed by atoms with Crippen molar-refractivity contribution >= 4 is 57.8 Å². The summed E-state index contributed by atoms with van der Waals surface area (Å²) in [5, 5.41) is 3.89. The van der Waals surface area contributed by atoms with Gasteiger partial charge in [-0.05, 0) is 74.1 Å². The first-order chi connectivity index (χ1) is 18.4. The molecule has 2 N–H and O–H groups in total. The molecule has 38 heavy (non-hydrogen) atoms. The van der Waals surface area contributed by atoms with Crippen LogP contribution in [0.1, 0.15) is 31.2 Å². The van der Waals surface area contributed by atoms with Crippen LogP contribution in [0, 0.1) is 0 Å². The lowest BCUT2D eigenvalue weighted by Gasteiger charge is -2.26. The van der Waals surface area contributed by atoms with Crippen molar-refractivity contribution in [1.82, 2.24) is 15.3 Å². The first kappa shape index (κ1) is 27.6. The minimum absolute atomic E-state index is 0.194. The number of carbonyl (C=O) groups excluding carboxylic acids is 3. The van der Waals surface area contributed by atoms with Gasteiger partial charge < -0.3 is 19.7 Å². The first-order valence-corrected chi connectivity index (χ1v) is 13.6. The molecule has 2 saturated heterocycles. The number of hydrazine groups is 1. The van der Waals surface area contributed by atoms with Gasteiger partial charge in [-0.15, -0.1) is 0 Å². The number of hydrogen-bond acceptors (Lipinski definition) is 8. The zero-order chi connectivity index (χ0) is 26.9. The molecule has 2 aliphatic rings. The van der Waals surface area contributed by atoms with Crippen molar-refractivity contribution in [1.29, 1.82) is 0 Å². The zero-order valence-electron chi connectivity index (χ0n) is 21.1. The van der Waals surface area contributed by atoms with Gasteiger partial charge in [-0.1, -0.05) is 42.4 Å². The molecule has 0 unspecified atom stereocenters. The van der Waals surface area contributed by atoms with Gasteiger partial charge in [-0.2, -0.15) is 5.01 Å². The van der Waals surface area contributed by atoms with E-state index in [-0.39, 0.29) is 28.6 Å². The van der Waals surface area contributed by atoms with Crippen molar-refractivity contribution < 1.29 is 23.9 Å². The summed E-state index contributed by atoms with van der Waals surface area (Å²) in [4.78, 5) is 40.2. The highest BCUT2D eigenvalue weighted by Crippen LogP contribution is 2.34. The molecule has 0 aromatic heterocycles. The maximum atomic E-state index is 12.9. The number of para-hydroxylation sites is 1. The number of ether oxygens (including phenoxy) is 2. The Hall–Kier alpha value is -3.41. The van der Waals surface area contributed by atoms with Crippen molar-refractivity contribution in [3.63, 3.8) is 0 Å². The lowest BCUT2D eigenvalue weighted by atomic mass is 10.1. The Bertz CT molecular complexity index is 1220. The first-order valence-electron chi connectivity index (χ1n) is 12.4. The Balaban J connectivity index is 1.33. The average Bonchev–Trinajstić information content (AvgIpc) is 3.19. The molecule has 200 valence electrons. The molecule has 2 aromatic carbocycles. The molecular formula is C27H30N4O5S2. The van der Waals surface area contributed by atoms with E-state index in [2.05, 4.69) is 15.6 Å². The van der Waals surface area contributed by atoms with E-state index in [1.165, 1.54) is 13.5 Å². The maximum Gasteiger partial charge on any atom is 0.285 e. The second-order valence-electron chi connectivity index (χ2n) is 8.82. The van der Waals surface area contributed by atoms with E-state index >= 15 is 0 Å². The van der Waals surface area contributed by atoms with Gasteiger partial charge in [-0.3, -0.25) is 19.8 Å². The summed E-state index contributed by atoms with van der Waals surface area (Å²) in [5.41, 5.74) is 4.00. The van der Waals surface area contributed by atoms with E-state index in [1.807, 2.05) is 18.2 Å². The number of likely N-dealkylation sites (tertiary alicyclic amines) is 1. The van der Waals surface area contributed by atoms with Gasteiger partial charge in [0, 0.05) is 18.7 Å². The average molecular weight is 555 g/mol. The molecule has 0 bridgehead atoms. The molecule has 9 nitrogen and oxygen atoms in total. The van der Waals surface area contributed by atoms with Crippen LogP contribution in [0.3, 0.4) is 0 Å². The van der Waals surface area contributed by atoms with E-state index in [0.29, 0.717) is 40.6 Å². The number of rotatable bonds is 10. The van der Waals surface area contributed by atoms with Gasteiger partial charge >= 0.3 is 0 Å². The Morgan fingerprint density at radius 1 is 1.05 bits per heavy atom. The largest absolute Gasteiger partial charge is 0.493 e. The van der Waals surface area contributed by atoms with Crippen LogP contribution >= 0.6 is 24.0 Å². The fourth-order valence-corrected chi connectivity index (χ4v) is 5.27. The Labute approximate surface area is 231 Å². The van der Waals surface area contributed by atoms with E-state index in [4.69, 9.17) is 21.7 Å². The van der Waals surface area contributed by atoms with Crippen LogP contribution in [0.4, 0.5) is 5.69 Å². The van der Waals surface area contributed by atoms with Crippen LogP contribution in [0.5, 0.6) is 11.5 Å². The number of benzene rings is 2. The number of piperidine rings is 1. The summed E-state index contributed by atoms with van der Waals surface area (Å²) in [7, 11) is 1.49. The van der Waals surface area contributed by atoms with Crippen molar-refractivity contribution in [3.8, 4) is 11.5 Å². The highest BCUT2D eigenvalue weighted by Gasteiger charge is 2.33. The van der Waals surface area contributed by atoms with E-state index < -0.39 is 0 Å². The normalized spacial score (nSPS) is 17.0. The summed E-state index contributed by atoms with van der Waals surface area (Å²) in [6.45, 7) is 2.48. The number of carbonyl (C=O) groups is 3. The second kappa shape index (κ2) is 13.4. The number of hydrogen-bond donors (Lipinski definition) is 2. The molecule has 0 radical (unpaired) electrons. The Morgan fingerprint density at radius 3 is 2.55 bits per heavy atom. The number of anilines is 1. The SMILES string of the molecule is COc1cc(C=C2SC(=S)N(NC(=O)CCN3CCCCC3)C2=O)ccc1OCC(=O)Nc1ccccc1. The van der Waals surface area contributed by atoms with Crippen LogP contribution in [0.2, 0.25) is 0 Å². The van der Waals surface area contributed by atoms with Crippen LogP contribution < -0.4 is 20.2 Å². The van der Waals surface area contributed by atoms with Gasteiger partial charge in [0.2, 0.25) is 5.91 Å². The van der Waals surface area contributed by atoms with Crippen LogP contribution in [-0.4, -0.2) is 65.3 Å². The highest BCUT2D eigenvalue weighted by molar-refractivity contribution is 8.26. The molecule has 0 spiro atoms. The van der Waals surface area contributed by atoms with Crippen LogP contribution in [0.25, 0.3) is 6.08 Å². The monoisotopic (exact) mass is 554 g/mol. The number of amides is 3. The number of thiocarbonyl (C=S) groups is 1. The maximum absolute atomic E-state index is 12.9. The molecule has 2 aliphatic heterocycles. The lowest BCUT2D eigenvalue weighted by molar-refractivity contribution is -0.133. The summed E-state index contributed by atoms with van der Waals surface area (Å²) < 4.78 is 11.3. The predicted octanol–water partition coefficient (Wildman–Crippen LogP) is 3.82. The summed E-state index contributed by atoms with van der Waals surface area (Å²) in [6.07, 6.45) is 5.52. The molecule has 0 atom stereocenters.